The molecule has 0 saturated carbocycles. The third-order valence-electron chi connectivity index (χ3n) is 3.63. The van der Waals surface area contributed by atoms with Gasteiger partial charge >= 0.3 is 0 Å². The molecular weight excluding hydrogens is 298 g/mol. The van der Waals surface area contributed by atoms with E-state index >= 15 is 0 Å². The molecule has 1 aromatic carbocycles. The molecule has 8 nitrogen and oxygen atoms in total. The fourth-order valence-corrected chi connectivity index (χ4v) is 3.57. The first kappa shape index (κ1) is 15.7. The van der Waals surface area contributed by atoms with Gasteiger partial charge in [0.15, 0.2) is 0 Å². The quantitative estimate of drug-likeness (QED) is 0.593. The molecule has 1 aliphatic rings. The van der Waals surface area contributed by atoms with Crippen LogP contribution in [0.4, 0.5) is 11.4 Å². The van der Waals surface area contributed by atoms with Crippen LogP contribution < -0.4 is 9.62 Å². The number of hydrogen-bond acceptors (Lipinski definition) is 6. The zero-order chi connectivity index (χ0) is 15.6. The van der Waals surface area contributed by atoms with Crippen LogP contribution in [0, 0.1) is 10.1 Å². The van der Waals surface area contributed by atoms with E-state index in [4.69, 9.17) is 5.11 Å². The SMILES string of the molecule is CNS(=O)(=O)C1CCN(c2cc(CO)ccc2[N+](=O)[O-])C1. The fraction of sp³-hybridized carbons (Fsp3) is 0.500. The maximum absolute atomic E-state index is 11.8. The molecule has 21 heavy (non-hydrogen) atoms. The van der Waals surface area contributed by atoms with E-state index < -0.39 is 20.2 Å². The molecule has 2 rings (SSSR count). The number of aliphatic hydroxyl groups excluding tert-OH is 1. The number of benzene rings is 1. The lowest BCUT2D eigenvalue weighted by atomic mass is 10.1. The summed E-state index contributed by atoms with van der Waals surface area (Å²) in [5.41, 5.74) is 0.811. The van der Waals surface area contributed by atoms with Gasteiger partial charge in [0.25, 0.3) is 5.69 Å². The van der Waals surface area contributed by atoms with Crippen LogP contribution >= 0.6 is 0 Å². The maximum atomic E-state index is 11.8. The summed E-state index contributed by atoms with van der Waals surface area (Å²) in [7, 11) is -2.04. The Labute approximate surface area is 122 Å². The van der Waals surface area contributed by atoms with E-state index in [2.05, 4.69) is 4.72 Å². The number of nitrogens with zero attached hydrogens (tertiary/aromatic N) is 2. The monoisotopic (exact) mass is 315 g/mol. The third kappa shape index (κ3) is 3.14. The molecule has 0 aliphatic carbocycles. The van der Waals surface area contributed by atoms with Crippen molar-refractivity contribution in [2.75, 3.05) is 25.0 Å². The van der Waals surface area contributed by atoms with Crippen LogP contribution in [-0.2, 0) is 16.6 Å². The Balaban J connectivity index is 2.32. The molecule has 1 aliphatic heterocycles. The van der Waals surface area contributed by atoms with Crippen molar-refractivity contribution >= 4 is 21.4 Å². The molecule has 0 bridgehead atoms. The van der Waals surface area contributed by atoms with Gasteiger partial charge < -0.3 is 10.0 Å². The fourth-order valence-electron chi connectivity index (χ4n) is 2.44. The predicted octanol–water partition coefficient (Wildman–Crippen LogP) is 0.215. The van der Waals surface area contributed by atoms with Crippen LogP contribution in [0.1, 0.15) is 12.0 Å². The Kier molecular flexibility index (Phi) is 4.45. The van der Waals surface area contributed by atoms with E-state index in [9.17, 15) is 18.5 Å². The molecule has 1 unspecified atom stereocenters. The average molecular weight is 315 g/mol. The van der Waals surface area contributed by atoms with Crippen molar-refractivity contribution in [2.24, 2.45) is 0 Å². The minimum atomic E-state index is -3.40. The van der Waals surface area contributed by atoms with Crippen molar-refractivity contribution in [1.82, 2.24) is 4.72 Å². The molecule has 9 heteroatoms. The van der Waals surface area contributed by atoms with Crippen LogP contribution in [-0.4, -0.2) is 43.8 Å². The molecular formula is C12H17N3O5S. The van der Waals surface area contributed by atoms with Crippen molar-refractivity contribution in [1.29, 1.82) is 0 Å². The number of aliphatic hydroxyl groups is 1. The summed E-state index contributed by atoms with van der Waals surface area (Å²) < 4.78 is 25.9. The van der Waals surface area contributed by atoms with Gasteiger partial charge in [-0.15, -0.1) is 0 Å². The highest BCUT2D eigenvalue weighted by Gasteiger charge is 2.34. The van der Waals surface area contributed by atoms with Crippen molar-refractivity contribution in [2.45, 2.75) is 18.3 Å². The Morgan fingerprint density at radius 3 is 2.81 bits per heavy atom. The van der Waals surface area contributed by atoms with Gasteiger partial charge in [-0.05, 0) is 31.2 Å². The lowest BCUT2D eigenvalue weighted by molar-refractivity contribution is -0.384. The molecule has 0 spiro atoms. The standard InChI is InChI=1S/C12H17N3O5S/c1-13-21(19,20)10-4-5-14(7-10)12-6-9(8-16)2-3-11(12)15(17)18/h2-3,6,10,13,16H,4-5,7-8H2,1H3. The molecule has 0 radical (unpaired) electrons. The van der Waals surface area contributed by atoms with Gasteiger partial charge in [-0.25, -0.2) is 13.1 Å². The maximum Gasteiger partial charge on any atom is 0.292 e. The number of rotatable bonds is 5. The summed E-state index contributed by atoms with van der Waals surface area (Å²) in [4.78, 5) is 12.3. The summed E-state index contributed by atoms with van der Waals surface area (Å²) >= 11 is 0. The lowest BCUT2D eigenvalue weighted by Gasteiger charge is -2.19. The summed E-state index contributed by atoms with van der Waals surface area (Å²) in [6.07, 6.45) is 0.406. The molecule has 0 aromatic heterocycles. The Hall–Kier alpha value is -1.71. The van der Waals surface area contributed by atoms with E-state index in [0.29, 0.717) is 24.2 Å². The summed E-state index contributed by atoms with van der Waals surface area (Å²) in [5, 5.41) is 19.7. The topological polar surface area (TPSA) is 113 Å². The average Bonchev–Trinajstić information content (AvgIpc) is 2.97. The van der Waals surface area contributed by atoms with Crippen molar-refractivity contribution in [3.05, 3.63) is 33.9 Å². The van der Waals surface area contributed by atoms with Crippen LogP contribution in [0.3, 0.4) is 0 Å². The van der Waals surface area contributed by atoms with Gasteiger partial charge in [0.2, 0.25) is 10.0 Å². The molecule has 1 fully saturated rings. The first-order valence-corrected chi connectivity index (χ1v) is 7.99. The number of sulfonamides is 1. The highest BCUT2D eigenvalue weighted by Crippen LogP contribution is 2.32. The third-order valence-corrected chi connectivity index (χ3v) is 5.46. The normalized spacial score (nSPS) is 19.0. The predicted molar refractivity (Wildman–Crippen MR) is 77.6 cm³/mol. The highest BCUT2D eigenvalue weighted by molar-refractivity contribution is 7.90. The number of anilines is 1. The van der Waals surface area contributed by atoms with Crippen molar-refractivity contribution < 1.29 is 18.4 Å². The van der Waals surface area contributed by atoms with E-state index in [1.54, 1.807) is 4.90 Å². The number of nitro benzene ring substituents is 1. The number of nitro groups is 1. The van der Waals surface area contributed by atoms with Crippen LogP contribution in [0.2, 0.25) is 0 Å². The van der Waals surface area contributed by atoms with E-state index in [0.717, 1.165) is 0 Å². The van der Waals surface area contributed by atoms with Gasteiger partial charge in [0, 0.05) is 19.2 Å². The van der Waals surface area contributed by atoms with Crippen molar-refractivity contribution in [3.8, 4) is 0 Å². The first-order chi connectivity index (χ1) is 9.89. The molecule has 116 valence electrons. The zero-order valence-corrected chi connectivity index (χ0v) is 12.3. The second-order valence-electron chi connectivity index (χ2n) is 4.84. The van der Waals surface area contributed by atoms with Gasteiger partial charge in [0.1, 0.15) is 5.69 Å². The van der Waals surface area contributed by atoms with E-state index in [1.807, 2.05) is 0 Å². The smallest absolute Gasteiger partial charge is 0.292 e. The largest absolute Gasteiger partial charge is 0.392 e. The minimum Gasteiger partial charge on any atom is -0.392 e. The highest BCUT2D eigenvalue weighted by atomic mass is 32.2. The lowest BCUT2D eigenvalue weighted by Crippen LogP contribution is -2.34. The first-order valence-electron chi connectivity index (χ1n) is 6.44. The summed E-state index contributed by atoms with van der Waals surface area (Å²) in [6.45, 7) is 0.386. The Morgan fingerprint density at radius 1 is 1.52 bits per heavy atom. The molecule has 1 aromatic rings. The molecule has 2 N–H and O–H groups in total. The Morgan fingerprint density at radius 2 is 2.24 bits per heavy atom. The molecule has 0 amide bonds. The van der Waals surface area contributed by atoms with Gasteiger partial charge in [-0.1, -0.05) is 0 Å². The van der Waals surface area contributed by atoms with E-state index in [1.165, 1.54) is 25.2 Å². The minimum absolute atomic E-state index is 0.0882. The molecule has 1 saturated heterocycles. The second-order valence-corrected chi connectivity index (χ2v) is 7.01. The van der Waals surface area contributed by atoms with Crippen molar-refractivity contribution in [3.63, 3.8) is 0 Å². The zero-order valence-electron chi connectivity index (χ0n) is 11.5. The molecule has 1 atom stereocenters. The van der Waals surface area contributed by atoms with Gasteiger partial charge in [-0.2, -0.15) is 0 Å². The Bertz CT molecular complexity index is 646. The van der Waals surface area contributed by atoms with Crippen LogP contribution in [0.15, 0.2) is 18.2 Å². The summed E-state index contributed by atoms with van der Waals surface area (Å²) in [5.74, 6) is 0. The molecule has 1 heterocycles. The second kappa shape index (κ2) is 5.96. The van der Waals surface area contributed by atoms with Gasteiger partial charge in [0.05, 0.1) is 16.8 Å². The number of hydrogen-bond donors (Lipinski definition) is 2. The van der Waals surface area contributed by atoms with Gasteiger partial charge in [-0.3, -0.25) is 10.1 Å². The van der Waals surface area contributed by atoms with E-state index in [-0.39, 0.29) is 18.8 Å². The summed E-state index contributed by atoms with van der Waals surface area (Å²) in [6, 6.07) is 4.35. The number of nitrogens with one attached hydrogen (secondary N) is 1. The van der Waals surface area contributed by atoms with Crippen LogP contribution in [0.5, 0.6) is 0 Å². The van der Waals surface area contributed by atoms with Crippen LogP contribution in [0.25, 0.3) is 0 Å².